The molecule has 0 aromatic rings. The fourth-order valence-corrected chi connectivity index (χ4v) is 4.07. The molecular weight excluding hydrogens is 417 g/mol. The number of hydrogen-bond donors (Lipinski definition) is 3. The van der Waals surface area contributed by atoms with Crippen molar-refractivity contribution in [3.05, 3.63) is 0 Å². The molecule has 0 aromatic carbocycles. The Morgan fingerprint density at radius 2 is 1.26 bits per heavy atom. The molecule has 31 heavy (non-hydrogen) atoms. The summed E-state index contributed by atoms with van der Waals surface area (Å²) in [5.41, 5.74) is 5.09. The van der Waals surface area contributed by atoms with Gasteiger partial charge in [-0.1, -0.05) is 96.8 Å². The molecule has 0 heterocycles. The number of hydrogen-bond acceptors (Lipinski definition) is 7. The predicted molar refractivity (Wildman–Crippen MR) is 125 cm³/mol. The lowest BCUT2D eigenvalue weighted by Gasteiger charge is -2.08. The van der Waals surface area contributed by atoms with E-state index >= 15 is 0 Å². The summed E-state index contributed by atoms with van der Waals surface area (Å²) in [7, 11) is -2.13. The number of esters is 1. The summed E-state index contributed by atoms with van der Waals surface area (Å²) in [6, 6.07) is 0. The van der Waals surface area contributed by atoms with Gasteiger partial charge in [0.05, 0.1) is 0 Å². The third kappa shape index (κ3) is 23.9. The van der Waals surface area contributed by atoms with Crippen LogP contribution in [0.2, 0.25) is 0 Å². The van der Waals surface area contributed by atoms with Crippen LogP contribution in [0.15, 0.2) is 0 Å². The molecule has 0 radical (unpaired) electrons. The molecule has 0 saturated carbocycles. The number of carbonyl (C=O) groups excluding carboxylic acids is 1. The van der Waals surface area contributed by atoms with Crippen LogP contribution in [-0.2, 0) is 18.6 Å². The SMILES string of the molecule is CCCCCCCCCCCCCCCCCC(=O)OCC(O)CO[P+](=O)CC(N)O. The van der Waals surface area contributed by atoms with Crippen molar-refractivity contribution in [1.82, 2.24) is 0 Å². The molecule has 3 unspecified atom stereocenters. The van der Waals surface area contributed by atoms with Gasteiger partial charge in [0.1, 0.15) is 25.5 Å². The average molecular weight is 465 g/mol. The molecule has 7 nitrogen and oxygen atoms in total. The van der Waals surface area contributed by atoms with Gasteiger partial charge in [-0.25, -0.2) is 0 Å². The number of carbonyl (C=O) groups is 1. The van der Waals surface area contributed by atoms with Crippen LogP contribution in [0.3, 0.4) is 0 Å². The Hall–Kier alpha value is -0.590. The van der Waals surface area contributed by atoms with Crippen molar-refractivity contribution in [3.8, 4) is 0 Å². The van der Waals surface area contributed by atoms with Gasteiger partial charge in [-0.15, -0.1) is 4.52 Å². The van der Waals surface area contributed by atoms with Crippen LogP contribution in [-0.4, -0.2) is 47.9 Å². The smallest absolute Gasteiger partial charge is 0.463 e. The molecule has 0 fully saturated rings. The molecule has 184 valence electrons. The molecule has 0 aliphatic rings. The zero-order valence-electron chi connectivity index (χ0n) is 19.6. The standard InChI is InChI=1S/C23H47NO6P/c1-2-3-4-5-6-7-8-9-10-11-12-13-14-15-16-17-23(27)29-18-21(25)19-30-31(28)20-22(24)26/h21-22,25-26H,2-20,24H2,1H3/q+1. The van der Waals surface area contributed by atoms with Crippen molar-refractivity contribution in [2.75, 3.05) is 19.4 Å². The first-order chi connectivity index (χ1) is 15.0. The topological polar surface area (TPSA) is 119 Å². The van der Waals surface area contributed by atoms with Gasteiger partial charge in [-0.05, 0) is 11.0 Å². The lowest BCUT2D eigenvalue weighted by Crippen LogP contribution is -2.24. The van der Waals surface area contributed by atoms with E-state index in [4.69, 9.17) is 20.1 Å². The van der Waals surface area contributed by atoms with E-state index in [9.17, 15) is 14.5 Å². The summed E-state index contributed by atoms with van der Waals surface area (Å²) in [6.07, 6.45) is 17.0. The Morgan fingerprint density at radius 1 is 0.806 bits per heavy atom. The van der Waals surface area contributed by atoms with Gasteiger partial charge in [0.2, 0.25) is 6.16 Å². The first-order valence-electron chi connectivity index (χ1n) is 12.3. The average Bonchev–Trinajstić information content (AvgIpc) is 2.73. The maximum atomic E-state index is 11.7. The number of nitrogens with two attached hydrogens (primary N) is 1. The normalized spacial score (nSPS) is 13.7. The molecule has 0 aliphatic carbocycles. The van der Waals surface area contributed by atoms with E-state index in [1.165, 1.54) is 77.0 Å². The largest absolute Gasteiger partial charge is 0.512 e. The lowest BCUT2D eigenvalue weighted by atomic mass is 10.0. The van der Waals surface area contributed by atoms with Gasteiger partial charge in [0.15, 0.2) is 0 Å². The Balaban J connectivity index is 3.34. The Morgan fingerprint density at radius 3 is 1.71 bits per heavy atom. The summed E-state index contributed by atoms with van der Waals surface area (Å²) >= 11 is 0. The zero-order valence-corrected chi connectivity index (χ0v) is 20.5. The van der Waals surface area contributed by atoms with Crippen LogP contribution in [0.1, 0.15) is 110 Å². The minimum absolute atomic E-state index is 0.189. The van der Waals surface area contributed by atoms with Crippen molar-refractivity contribution < 1.29 is 28.8 Å². The molecular formula is C23H47NO6P+. The fraction of sp³-hybridized carbons (Fsp3) is 0.957. The molecule has 0 amide bonds. The van der Waals surface area contributed by atoms with Gasteiger partial charge in [0.25, 0.3) is 0 Å². The molecule has 0 spiro atoms. The lowest BCUT2D eigenvalue weighted by molar-refractivity contribution is -0.147. The second-order valence-electron chi connectivity index (χ2n) is 8.42. The van der Waals surface area contributed by atoms with Gasteiger partial charge in [0, 0.05) is 6.42 Å². The maximum Gasteiger partial charge on any atom is 0.512 e. The second kappa shape index (κ2) is 22.6. The van der Waals surface area contributed by atoms with Crippen LogP contribution in [0.4, 0.5) is 0 Å². The van der Waals surface area contributed by atoms with E-state index in [2.05, 4.69) is 6.92 Å². The number of aliphatic hydroxyl groups excluding tert-OH is 2. The molecule has 3 atom stereocenters. The summed E-state index contributed by atoms with van der Waals surface area (Å²) < 4.78 is 21.2. The van der Waals surface area contributed by atoms with Crippen LogP contribution < -0.4 is 5.73 Å². The molecule has 0 rings (SSSR count). The Kier molecular flexibility index (Phi) is 22.2. The minimum atomic E-state index is -2.13. The predicted octanol–water partition coefficient (Wildman–Crippen LogP) is 5.19. The van der Waals surface area contributed by atoms with Gasteiger partial charge >= 0.3 is 14.0 Å². The summed E-state index contributed by atoms with van der Waals surface area (Å²) in [6.45, 7) is 1.84. The van der Waals surface area contributed by atoms with Crippen LogP contribution in [0, 0.1) is 0 Å². The Labute approximate surface area is 190 Å². The number of aliphatic hydroxyl groups is 2. The number of ether oxygens (including phenoxy) is 1. The highest BCUT2D eigenvalue weighted by Crippen LogP contribution is 2.22. The second-order valence-corrected chi connectivity index (χ2v) is 9.70. The van der Waals surface area contributed by atoms with E-state index in [0.717, 1.165) is 19.3 Å². The molecule has 8 heteroatoms. The molecule has 0 saturated heterocycles. The van der Waals surface area contributed by atoms with E-state index < -0.39 is 20.4 Å². The van der Waals surface area contributed by atoms with E-state index in [0.29, 0.717) is 6.42 Å². The maximum absolute atomic E-state index is 11.7. The van der Waals surface area contributed by atoms with Crippen LogP contribution in [0.5, 0.6) is 0 Å². The van der Waals surface area contributed by atoms with Crippen molar-refractivity contribution in [2.45, 2.75) is 122 Å². The molecule has 0 aromatic heterocycles. The summed E-state index contributed by atoms with van der Waals surface area (Å²) in [5.74, 6) is -0.337. The van der Waals surface area contributed by atoms with Gasteiger partial charge in [-0.3, -0.25) is 4.79 Å². The third-order valence-electron chi connectivity index (χ3n) is 5.17. The third-order valence-corrected chi connectivity index (χ3v) is 6.28. The quantitative estimate of drug-likeness (QED) is 0.0824. The number of unbranched alkanes of at least 4 members (excludes halogenated alkanes) is 14. The monoisotopic (exact) mass is 464 g/mol. The van der Waals surface area contributed by atoms with Crippen molar-refractivity contribution in [1.29, 1.82) is 0 Å². The first-order valence-corrected chi connectivity index (χ1v) is 13.7. The first kappa shape index (κ1) is 30.4. The number of rotatable bonds is 23. The molecule has 0 bridgehead atoms. The highest BCUT2D eigenvalue weighted by Gasteiger charge is 2.23. The van der Waals surface area contributed by atoms with Crippen LogP contribution >= 0.6 is 8.03 Å². The van der Waals surface area contributed by atoms with E-state index in [-0.39, 0.29) is 25.3 Å². The summed E-state index contributed by atoms with van der Waals surface area (Å²) in [4.78, 5) is 11.7. The summed E-state index contributed by atoms with van der Waals surface area (Å²) in [5, 5.41) is 18.5. The zero-order chi connectivity index (χ0) is 23.2. The van der Waals surface area contributed by atoms with Crippen molar-refractivity contribution in [3.63, 3.8) is 0 Å². The molecule has 4 N–H and O–H groups in total. The van der Waals surface area contributed by atoms with Gasteiger partial charge in [-0.2, -0.15) is 0 Å². The van der Waals surface area contributed by atoms with E-state index in [1.54, 1.807) is 0 Å². The van der Waals surface area contributed by atoms with Crippen LogP contribution in [0.25, 0.3) is 0 Å². The Bertz CT molecular complexity index is 436. The fourth-order valence-electron chi connectivity index (χ4n) is 3.32. The van der Waals surface area contributed by atoms with Crippen molar-refractivity contribution in [2.24, 2.45) is 5.73 Å². The van der Waals surface area contributed by atoms with E-state index in [1.807, 2.05) is 0 Å². The highest BCUT2D eigenvalue weighted by atomic mass is 31.1. The molecule has 0 aliphatic heterocycles. The van der Waals surface area contributed by atoms with Gasteiger partial charge < -0.3 is 20.7 Å². The minimum Gasteiger partial charge on any atom is -0.463 e. The van der Waals surface area contributed by atoms with Crippen molar-refractivity contribution >= 4 is 14.0 Å². The highest BCUT2D eigenvalue weighted by molar-refractivity contribution is 7.39.